The monoisotopic (exact) mass is 178 g/mol. The third kappa shape index (κ3) is 1.46. The summed E-state index contributed by atoms with van der Waals surface area (Å²) in [6, 6.07) is 3.86. The molecule has 12 heavy (non-hydrogen) atoms. The van der Waals surface area contributed by atoms with Crippen LogP contribution in [0.5, 0.6) is 0 Å². The fourth-order valence-electron chi connectivity index (χ4n) is 1.20. The average molecular weight is 178 g/mol. The molecule has 1 heterocycles. The molecule has 2 rings (SSSR count). The van der Waals surface area contributed by atoms with Gasteiger partial charge in [0.1, 0.15) is 4.99 Å². The fraction of sp³-hybridized carbons (Fsp3) is 0.333. The van der Waals surface area contributed by atoms with E-state index < -0.39 is 0 Å². The Morgan fingerprint density at radius 1 is 1.58 bits per heavy atom. The van der Waals surface area contributed by atoms with Gasteiger partial charge in [-0.25, -0.2) is 0 Å². The molecule has 3 heteroatoms. The first kappa shape index (κ1) is 7.68. The van der Waals surface area contributed by atoms with Gasteiger partial charge in [-0.2, -0.15) is 0 Å². The van der Waals surface area contributed by atoms with Gasteiger partial charge in [0.2, 0.25) is 0 Å². The number of hydrogen-bond acceptors (Lipinski definition) is 2. The maximum absolute atomic E-state index is 5.51. The molecule has 0 radical (unpaired) electrons. The summed E-state index contributed by atoms with van der Waals surface area (Å²) in [4.78, 5) is 4.73. The second kappa shape index (κ2) is 2.83. The summed E-state index contributed by atoms with van der Waals surface area (Å²) < 4.78 is 0. The lowest BCUT2D eigenvalue weighted by atomic mass is 10.2. The zero-order valence-corrected chi connectivity index (χ0v) is 7.47. The first-order valence-electron chi connectivity index (χ1n) is 4.03. The Labute approximate surface area is 76.8 Å². The molecule has 1 aliphatic rings. The minimum atomic E-state index is 0.458. The van der Waals surface area contributed by atoms with Gasteiger partial charge in [0, 0.05) is 23.4 Å². The van der Waals surface area contributed by atoms with E-state index in [0.29, 0.717) is 10.9 Å². The molecule has 0 saturated heterocycles. The van der Waals surface area contributed by atoms with E-state index in [1.165, 1.54) is 12.8 Å². The molecule has 1 saturated carbocycles. The molecule has 2 nitrogen and oxygen atoms in total. The molecule has 1 aromatic rings. The van der Waals surface area contributed by atoms with Crippen molar-refractivity contribution in [1.82, 2.24) is 4.98 Å². The molecule has 0 unspecified atom stereocenters. The largest absolute Gasteiger partial charge is 0.389 e. The van der Waals surface area contributed by atoms with Crippen molar-refractivity contribution in [1.29, 1.82) is 0 Å². The highest BCUT2D eigenvalue weighted by molar-refractivity contribution is 7.80. The minimum absolute atomic E-state index is 0.458. The SMILES string of the molecule is NC(=S)c1ccnc(C2CC2)c1. The van der Waals surface area contributed by atoms with Crippen LogP contribution in [0.2, 0.25) is 0 Å². The number of thiocarbonyl (C=S) groups is 1. The summed E-state index contributed by atoms with van der Waals surface area (Å²) in [5.41, 5.74) is 7.58. The van der Waals surface area contributed by atoms with Crippen molar-refractivity contribution in [3.63, 3.8) is 0 Å². The molecule has 1 aromatic heterocycles. The van der Waals surface area contributed by atoms with Gasteiger partial charge in [0.25, 0.3) is 0 Å². The van der Waals surface area contributed by atoms with Crippen LogP contribution in [0.3, 0.4) is 0 Å². The Hall–Kier alpha value is -0.960. The maximum atomic E-state index is 5.51. The Morgan fingerprint density at radius 3 is 2.92 bits per heavy atom. The van der Waals surface area contributed by atoms with Crippen molar-refractivity contribution in [2.45, 2.75) is 18.8 Å². The number of nitrogens with two attached hydrogens (primary N) is 1. The van der Waals surface area contributed by atoms with Crippen molar-refractivity contribution in [2.24, 2.45) is 5.73 Å². The summed E-state index contributed by atoms with van der Waals surface area (Å²) in [6.45, 7) is 0. The Kier molecular flexibility index (Phi) is 1.81. The highest BCUT2D eigenvalue weighted by Crippen LogP contribution is 2.38. The third-order valence-corrected chi connectivity index (χ3v) is 2.30. The molecule has 1 fully saturated rings. The predicted molar refractivity (Wildman–Crippen MR) is 52.1 cm³/mol. The van der Waals surface area contributed by atoms with E-state index in [-0.39, 0.29) is 0 Å². The van der Waals surface area contributed by atoms with E-state index in [9.17, 15) is 0 Å². The molecular weight excluding hydrogens is 168 g/mol. The van der Waals surface area contributed by atoms with Gasteiger partial charge in [-0.1, -0.05) is 12.2 Å². The van der Waals surface area contributed by atoms with E-state index in [4.69, 9.17) is 18.0 Å². The van der Waals surface area contributed by atoms with E-state index in [1.807, 2.05) is 12.1 Å². The number of aromatic nitrogens is 1. The second-order valence-corrected chi connectivity index (χ2v) is 3.55. The highest BCUT2D eigenvalue weighted by Gasteiger charge is 2.24. The van der Waals surface area contributed by atoms with Crippen molar-refractivity contribution < 1.29 is 0 Å². The Balaban J connectivity index is 2.32. The van der Waals surface area contributed by atoms with Gasteiger partial charge in [-0.05, 0) is 25.0 Å². The number of nitrogens with zero attached hydrogens (tertiary/aromatic N) is 1. The molecule has 0 aromatic carbocycles. The zero-order chi connectivity index (χ0) is 8.55. The fourth-order valence-corrected chi connectivity index (χ4v) is 1.33. The highest BCUT2D eigenvalue weighted by atomic mass is 32.1. The average Bonchev–Trinajstić information content (AvgIpc) is 2.87. The summed E-state index contributed by atoms with van der Waals surface area (Å²) in [5, 5.41) is 0. The Morgan fingerprint density at radius 2 is 2.33 bits per heavy atom. The number of pyridine rings is 1. The molecule has 0 aliphatic heterocycles. The van der Waals surface area contributed by atoms with E-state index in [1.54, 1.807) is 6.20 Å². The lowest BCUT2D eigenvalue weighted by molar-refractivity contribution is 1.02. The van der Waals surface area contributed by atoms with Crippen LogP contribution in [-0.2, 0) is 0 Å². The first-order chi connectivity index (χ1) is 5.77. The molecule has 2 N–H and O–H groups in total. The normalized spacial score (nSPS) is 16.0. The molecular formula is C9H10N2S. The summed E-state index contributed by atoms with van der Waals surface area (Å²) in [6.07, 6.45) is 4.30. The van der Waals surface area contributed by atoms with Crippen molar-refractivity contribution in [3.8, 4) is 0 Å². The minimum Gasteiger partial charge on any atom is -0.389 e. The zero-order valence-electron chi connectivity index (χ0n) is 6.66. The van der Waals surface area contributed by atoms with Crippen LogP contribution in [0, 0.1) is 0 Å². The second-order valence-electron chi connectivity index (χ2n) is 3.11. The van der Waals surface area contributed by atoms with Crippen LogP contribution in [0.25, 0.3) is 0 Å². The van der Waals surface area contributed by atoms with Crippen LogP contribution >= 0.6 is 12.2 Å². The van der Waals surface area contributed by atoms with Gasteiger partial charge in [0.05, 0.1) is 0 Å². The van der Waals surface area contributed by atoms with Crippen LogP contribution < -0.4 is 5.73 Å². The van der Waals surface area contributed by atoms with Crippen LogP contribution in [0.1, 0.15) is 30.0 Å². The standard InChI is InChI=1S/C9H10N2S/c10-9(12)7-3-4-11-8(5-7)6-1-2-6/h3-6H,1-2H2,(H2,10,12). The topological polar surface area (TPSA) is 38.9 Å². The number of hydrogen-bond donors (Lipinski definition) is 1. The van der Waals surface area contributed by atoms with E-state index >= 15 is 0 Å². The lowest BCUT2D eigenvalue weighted by Crippen LogP contribution is -2.09. The van der Waals surface area contributed by atoms with Crippen molar-refractivity contribution >= 4 is 17.2 Å². The van der Waals surface area contributed by atoms with Crippen LogP contribution in [-0.4, -0.2) is 9.97 Å². The van der Waals surface area contributed by atoms with Gasteiger partial charge < -0.3 is 5.73 Å². The quantitative estimate of drug-likeness (QED) is 0.699. The molecule has 0 atom stereocenters. The molecule has 1 aliphatic carbocycles. The van der Waals surface area contributed by atoms with E-state index in [0.717, 1.165) is 11.3 Å². The smallest absolute Gasteiger partial charge is 0.104 e. The predicted octanol–water partition coefficient (Wildman–Crippen LogP) is 1.59. The number of rotatable bonds is 2. The lowest BCUT2D eigenvalue weighted by Gasteiger charge is -2.00. The maximum Gasteiger partial charge on any atom is 0.104 e. The molecule has 0 bridgehead atoms. The van der Waals surface area contributed by atoms with Crippen LogP contribution in [0.4, 0.5) is 0 Å². The molecule has 62 valence electrons. The summed E-state index contributed by atoms with van der Waals surface area (Å²) >= 11 is 4.88. The molecule has 0 spiro atoms. The third-order valence-electron chi connectivity index (χ3n) is 2.06. The van der Waals surface area contributed by atoms with Gasteiger partial charge in [0.15, 0.2) is 0 Å². The molecule has 0 amide bonds. The first-order valence-corrected chi connectivity index (χ1v) is 4.44. The van der Waals surface area contributed by atoms with Crippen molar-refractivity contribution in [2.75, 3.05) is 0 Å². The van der Waals surface area contributed by atoms with Gasteiger partial charge in [-0.15, -0.1) is 0 Å². The summed E-state index contributed by atoms with van der Waals surface area (Å²) in [5.74, 6) is 0.666. The Bertz CT molecular complexity index is 318. The van der Waals surface area contributed by atoms with Gasteiger partial charge in [-0.3, -0.25) is 4.98 Å². The van der Waals surface area contributed by atoms with Gasteiger partial charge >= 0.3 is 0 Å². The van der Waals surface area contributed by atoms with Crippen LogP contribution in [0.15, 0.2) is 18.3 Å². The summed E-state index contributed by atoms with van der Waals surface area (Å²) in [7, 11) is 0. The van der Waals surface area contributed by atoms with Crippen molar-refractivity contribution in [3.05, 3.63) is 29.6 Å². The van der Waals surface area contributed by atoms with E-state index in [2.05, 4.69) is 4.98 Å².